The van der Waals surface area contributed by atoms with Crippen LogP contribution in [0, 0.1) is 0 Å². The van der Waals surface area contributed by atoms with Crippen molar-refractivity contribution in [2.24, 2.45) is 7.05 Å². The summed E-state index contributed by atoms with van der Waals surface area (Å²) in [5, 5.41) is 9.03. The molecule has 126 valence electrons. The zero-order valence-electron chi connectivity index (χ0n) is 13.6. The summed E-state index contributed by atoms with van der Waals surface area (Å²) in [5.41, 5.74) is 2.51. The number of pyridine rings is 1. The molecule has 0 aliphatic rings. The monoisotopic (exact) mass is 336 g/mol. The fourth-order valence-corrected chi connectivity index (χ4v) is 2.85. The van der Waals surface area contributed by atoms with E-state index in [-0.39, 0.29) is 11.6 Å². The molecule has 0 fully saturated rings. The average Bonchev–Trinajstić information content (AvgIpc) is 3.16. The van der Waals surface area contributed by atoms with Gasteiger partial charge < -0.3 is 9.88 Å². The number of nitrogens with one attached hydrogen (secondary N) is 2. The third-order valence-electron chi connectivity index (χ3n) is 4.19. The van der Waals surface area contributed by atoms with E-state index in [9.17, 15) is 9.59 Å². The highest BCUT2D eigenvalue weighted by molar-refractivity contribution is 5.94. The van der Waals surface area contributed by atoms with E-state index >= 15 is 0 Å². The quantitative estimate of drug-likeness (QED) is 0.578. The van der Waals surface area contributed by atoms with E-state index in [2.05, 4.69) is 20.5 Å². The molecule has 0 spiro atoms. The van der Waals surface area contributed by atoms with Crippen LogP contribution in [0.1, 0.15) is 16.2 Å². The van der Waals surface area contributed by atoms with E-state index in [0.29, 0.717) is 24.2 Å². The highest BCUT2D eigenvalue weighted by atomic mass is 16.2. The minimum Gasteiger partial charge on any atom is -0.352 e. The molecule has 1 aromatic carbocycles. The fourth-order valence-electron chi connectivity index (χ4n) is 2.85. The zero-order chi connectivity index (χ0) is 17.4. The second-order valence-corrected chi connectivity index (χ2v) is 5.76. The van der Waals surface area contributed by atoms with Crippen molar-refractivity contribution in [1.29, 1.82) is 0 Å². The number of nitrogens with zero attached hydrogens (tertiary/aromatic N) is 4. The summed E-state index contributed by atoms with van der Waals surface area (Å²) in [5.74, 6) is 0.664. The molecular formula is C17H16N6O2. The molecule has 0 unspecified atom stereocenters. The van der Waals surface area contributed by atoms with Crippen molar-refractivity contribution in [3.8, 4) is 0 Å². The first kappa shape index (κ1) is 15.1. The Labute approximate surface area is 142 Å². The topological polar surface area (TPSA) is 97.1 Å². The Morgan fingerprint density at radius 1 is 1.24 bits per heavy atom. The Morgan fingerprint density at radius 2 is 2.08 bits per heavy atom. The SMILES string of the molecule is Cn1c(CCNC(=O)c2ccc3n[nH]c(=O)n3c2)nc2ccccc21. The van der Waals surface area contributed by atoms with Crippen LogP contribution >= 0.6 is 0 Å². The summed E-state index contributed by atoms with van der Waals surface area (Å²) in [6.07, 6.45) is 2.09. The molecule has 0 aliphatic carbocycles. The molecular weight excluding hydrogens is 320 g/mol. The largest absolute Gasteiger partial charge is 0.352 e. The van der Waals surface area contributed by atoms with Crippen molar-refractivity contribution < 1.29 is 4.79 Å². The van der Waals surface area contributed by atoms with Gasteiger partial charge in [0.25, 0.3) is 5.91 Å². The number of carbonyl (C=O) groups is 1. The fraction of sp³-hybridized carbons (Fsp3) is 0.176. The smallest absolute Gasteiger partial charge is 0.347 e. The molecule has 0 aliphatic heterocycles. The number of hydrogen-bond donors (Lipinski definition) is 2. The lowest BCUT2D eigenvalue weighted by atomic mass is 10.2. The minimum absolute atomic E-state index is 0.242. The van der Waals surface area contributed by atoms with Gasteiger partial charge in [0.2, 0.25) is 0 Å². The maximum Gasteiger partial charge on any atom is 0.347 e. The van der Waals surface area contributed by atoms with Crippen LogP contribution in [0.5, 0.6) is 0 Å². The van der Waals surface area contributed by atoms with Gasteiger partial charge in [-0.15, -0.1) is 0 Å². The number of hydrogen-bond acceptors (Lipinski definition) is 4. The Kier molecular flexibility index (Phi) is 3.57. The number of aromatic amines is 1. The van der Waals surface area contributed by atoms with E-state index in [1.165, 1.54) is 10.6 Å². The first-order valence-corrected chi connectivity index (χ1v) is 7.89. The van der Waals surface area contributed by atoms with Crippen molar-refractivity contribution in [2.45, 2.75) is 6.42 Å². The minimum atomic E-state index is -0.371. The van der Waals surface area contributed by atoms with Gasteiger partial charge >= 0.3 is 5.69 Å². The van der Waals surface area contributed by atoms with Crippen LogP contribution in [-0.2, 0) is 13.5 Å². The number of carbonyl (C=O) groups excluding carboxylic acids is 1. The number of amides is 1. The number of H-pyrrole nitrogens is 1. The van der Waals surface area contributed by atoms with E-state index in [4.69, 9.17) is 0 Å². The predicted molar refractivity (Wildman–Crippen MR) is 92.6 cm³/mol. The highest BCUT2D eigenvalue weighted by Crippen LogP contribution is 2.14. The predicted octanol–water partition coefficient (Wildman–Crippen LogP) is 0.882. The molecule has 4 rings (SSSR count). The van der Waals surface area contributed by atoms with Crippen LogP contribution in [0.15, 0.2) is 47.4 Å². The maximum atomic E-state index is 12.3. The standard InChI is InChI=1S/C17H16N6O2/c1-22-13-5-3-2-4-12(13)19-14(22)8-9-18-16(24)11-6-7-15-20-21-17(25)23(15)10-11/h2-7,10H,8-9H2,1H3,(H,18,24)(H,21,25). The molecule has 3 heterocycles. The van der Waals surface area contributed by atoms with Gasteiger partial charge in [0, 0.05) is 26.2 Å². The van der Waals surface area contributed by atoms with Crippen LogP contribution in [0.25, 0.3) is 16.7 Å². The summed E-state index contributed by atoms with van der Waals surface area (Å²) in [4.78, 5) is 28.4. The number of aryl methyl sites for hydroxylation is 1. The number of aromatic nitrogens is 5. The van der Waals surface area contributed by atoms with Gasteiger partial charge in [0.1, 0.15) is 5.82 Å². The van der Waals surface area contributed by atoms with Crippen LogP contribution in [0.3, 0.4) is 0 Å². The molecule has 0 radical (unpaired) electrons. The number of para-hydroxylation sites is 2. The first-order valence-electron chi connectivity index (χ1n) is 7.89. The molecule has 8 heteroatoms. The van der Waals surface area contributed by atoms with Gasteiger partial charge in [-0.3, -0.25) is 4.79 Å². The average molecular weight is 336 g/mol. The summed E-state index contributed by atoms with van der Waals surface area (Å²) in [6.45, 7) is 0.453. The van der Waals surface area contributed by atoms with Crippen molar-refractivity contribution in [3.05, 3.63) is 64.5 Å². The first-order chi connectivity index (χ1) is 12.1. The lowest BCUT2D eigenvalue weighted by Crippen LogP contribution is -2.27. The molecule has 0 saturated carbocycles. The molecule has 4 aromatic rings. The number of rotatable bonds is 4. The molecule has 0 saturated heterocycles. The Hall–Kier alpha value is -3.42. The van der Waals surface area contributed by atoms with Crippen molar-refractivity contribution in [1.82, 2.24) is 29.5 Å². The summed E-state index contributed by atoms with van der Waals surface area (Å²) < 4.78 is 3.33. The Balaban J connectivity index is 1.46. The lowest BCUT2D eigenvalue weighted by molar-refractivity contribution is 0.0953. The molecule has 0 atom stereocenters. The van der Waals surface area contributed by atoms with Gasteiger partial charge in [-0.1, -0.05) is 12.1 Å². The van der Waals surface area contributed by atoms with Crippen LogP contribution in [0.4, 0.5) is 0 Å². The molecule has 1 amide bonds. The van der Waals surface area contributed by atoms with Crippen molar-refractivity contribution >= 4 is 22.6 Å². The second-order valence-electron chi connectivity index (χ2n) is 5.76. The van der Waals surface area contributed by atoms with E-state index in [1.807, 2.05) is 35.9 Å². The van der Waals surface area contributed by atoms with E-state index in [0.717, 1.165) is 16.9 Å². The van der Waals surface area contributed by atoms with Crippen LogP contribution in [0.2, 0.25) is 0 Å². The van der Waals surface area contributed by atoms with Crippen LogP contribution < -0.4 is 11.0 Å². The molecule has 2 N–H and O–H groups in total. The molecule has 8 nitrogen and oxygen atoms in total. The summed E-state index contributed by atoms with van der Waals surface area (Å²) in [6, 6.07) is 11.2. The molecule has 0 bridgehead atoms. The highest BCUT2D eigenvalue weighted by Gasteiger charge is 2.10. The molecule has 3 aromatic heterocycles. The van der Waals surface area contributed by atoms with E-state index in [1.54, 1.807) is 12.1 Å². The van der Waals surface area contributed by atoms with E-state index < -0.39 is 0 Å². The van der Waals surface area contributed by atoms with Gasteiger partial charge in [-0.05, 0) is 24.3 Å². The normalized spacial score (nSPS) is 11.2. The summed E-state index contributed by atoms with van der Waals surface area (Å²) >= 11 is 0. The third kappa shape index (κ3) is 2.67. The van der Waals surface area contributed by atoms with Crippen molar-refractivity contribution in [3.63, 3.8) is 0 Å². The number of imidazole rings is 1. The van der Waals surface area contributed by atoms with Gasteiger partial charge in [-0.25, -0.2) is 19.3 Å². The molecule has 25 heavy (non-hydrogen) atoms. The Morgan fingerprint density at radius 3 is 2.92 bits per heavy atom. The van der Waals surface area contributed by atoms with Gasteiger partial charge in [-0.2, -0.15) is 5.10 Å². The summed E-state index contributed by atoms with van der Waals surface area (Å²) in [7, 11) is 1.96. The Bertz CT molecular complexity index is 1140. The van der Waals surface area contributed by atoms with Crippen LogP contribution in [-0.4, -0.2) is 36.6 Å². The number of fused-ring (bicyclic) bond motifs is 2. The van der Waals surface area contributed by atoms with Gasteiger partial charge in [0.05, 0.1) is 16.6 Å². The van der Waals surface area contributed by atoms with Gasteiger partial charge in [0.15, 0.2) is 5.65 Å². The second kappa shape index (κ2) is 5.90. The van der Waals surface area contributed by atoms with Crippen molar-refractivity contribution in [2.75, 3.05) is 6.54 Å². The maximum absolute atomic E-state index is 12.3. The third-order valence-corrected chi connectivity index (χ3v) is 4.19. The zero-order valence-corrected chi connectivity index (χ0v) is 13.6. The lowest BCUT2D eigenvalue weighted by Gasteiger charge is -2.06. The number of benzene rings is 1.